The van der Waals surface area contributed by atoms with Gasteiger partial charge in [0, 0.05) is 27.8 Å². The Morgan fingerprint density at radius 2 is 2.04 bits per heavy atom. The molecule has 0 aliphatic carbocycles. The minimum Gasteiger partial charge on any atom is -0.457 e. The number of furan rings is 1. The molecular formula is C22H17NO2S2. The molecule has 27 heavy (non-hydrogen) atoms. The molecule has 0 saturated heterocycles. The van der Waals surface area contributed by atoms with Crippen LogP contribution in [0.5, 0.6) is 0 Å². The Kier molecular flexibility index (Phi) is 4.19. The average Bonchev–Trinajstić information content (AvgIpc) is 3.45. The van der Waals surface area contributed by atoms with Crippen LogP contribution in [0.1, 0.15) is 27.1 Å². The Morgan fingerprint density at radius 3 is 2.89 bits per heavy atom. The normalized spacial score (nSPS) is 16.9. The van der Waals surface area contributed by atoms with Crippen molar-refractivity contribution in [3.8, 4) is 0 Å². The molecule has 0 N–H and O–H groups in total. The van der Waals surface area contributed by atoms with E-state index in [4.69, 9.17) is 4.42 Å². The number of para-hydroxylation sites is 1. The molecule has 0 spiro atoms. The second kappa shape index (κ2) is 6.83. The third kappa shape index (κ3) is 3.03. The van der Waals surface area contributed by atoms with E-state index in [2.05, 4.69) is 22.9 Å². The van der Waals surface area contributed by atoms with Gasteiger partial charge in [-0.05, 0) is 53.1 Å². The third-order valence-electron chi connectivity index (χ3n) is 4.90. The summed E-state index contributed by atoms with van der Waals surface area (Å²) in [5.74, 6) is 0.719. The molecule has 3 aromatic heterocycles. The van der Waals surface area contributed by atoms with E-state index in [1.165, 1.54) is 15.3 Å². The number of rotatable bonds is 3. The molecule has 0 fully saturated rings. The number of benzene rings is 1. The molecule has 5 heteroatoms. The van der Waals surface area contributed by atoms with Crippen LogP contribution in [0.3, 0.4) is 0 Å². The summed E-state index contributed by atoms with van der Waals surface area (Å²) in [5, 5.41) is 5.24. The van der Waals surface area contributed by atoms with E-state index in [1.54, 1.807) is 34.8 Å². The van der Waals surface area contributed by atoms with Gasteiger partial charge in [-0.2, -0.15) is 0 Å². The van der Waals surface area contributed by atoms with Gasteiger partial charge >= 0.3 is 0 Å². The molecule has 1 aliphatic heterocycles. The Hall–Kier alpha value is -2.63. The maximum atomic E-state index is 13.0. The van der Waals surface area contributed by atoms with Gasteiger partial charge in [0.05, 0.1) is 6.04 Å². The average molecular weight is 392 g/mol. The first-order valence-electron chi connectivity index (χ1n) is 8.86. The fourth-order valence-corrected chi connectivity index (χ4v) is 5.40. The predicted molar refractivity (Wildman–Crippen MR) is 111 cm³/mol. The number of nitrogens with zero attached hydrogens (tertiary/aromatic N) is 1. The largest absolute Gasteiger partial charge is 0.457 e. The highest BCUT2D eigenvalue weighted by Gasteiger charge is 2.32. The summed E-state index contributed by atoms with van der Waals surface area (Å²) in [4.78, 5) is 17.6. The number of carbonyl (C=O) groups excluding carboxylic acids is 1. The molecule has 134 valence electrons. The maximum absolute atomic E-state index is 13.0. The molecule has 0 bridgehead atoms. The van der Waals surface area contributed by atoms with Gasteiger partial charge in [-0.25, -0.2) is 0 Å². The van der Waals surface area contributed by atoms with Crippen LogP contribution >= 0.6 is 22.7 Å². The van der Waals surface area contributed by atoms with Crippen molar-refractivity contribution < 1.29 is 9.21 Å². The second-order valence-electron chi connectivity index (χ2n) is 6.52. The van der Waals surface area contributed by atoms with Crippen molar-refractivity contribution in [2.75, 3.05) is 6.54 Å². The zero-order valence-corrected chi connectivity index (χ0v) is 16.1. The van der Waals surface area contributed by atoms with Crippen LogP contribution in [0, 0.1) is 0 Å². The lowest BCUT2D eigenvalue weighted by molar-refractivity contribution is -0.127. The maximum Gasteiger partial charge on any atom is 0.247 e. The van der Waals surface area contributed by atoms with E-state index in [9.17, 15) is 4.79 Å². The molecule has 0 saturated carbocycles. The summed E-state index contributed by atoms with van der Waals surface area (Å²) in [6, 6.07) is 16.2. The van der Waals surface area contributed by atoms with Gasteiger partial charge in [-0.15, -0.1) is 22.7 Å². The topological polar surface area (TPSA) is 33.5 Å². The fourth-order valence-electron chi connectivity index (χ4n) is 3.64. The molecule has 5 rings (SSSR count). The van der Waals surface area contributed by atoms with Crippen molar-refractivity contribution in [1.29, 1.82) is 0 Å². The lowest BCUT2D eigenvalue weighted by Crippen LogP contribution is -2.38. The summed E-state index contributed by atoms with van der Waals surface area (Å²) < 4.78 is 5.79. The third-order valence-corrected chi connectivity index (χ3v) is 6.82. The molecule has 1 unspecified atom stereocenters. The van der Waals surface area contributed by atoms with E-state index in [-0.39, 0.29) is 11.9 Å². The Morgan fingerprint density at radius 1 is 1.11 bits per heavy atom. The number of carbonyl (C=O) groups is 1. The Labute approximate surface area is 165 Å². The van der Waals surface area contributed by atoms with Crippen LogP contribution in [-0.4, -0.2) is 17.4 Å². The van der Waals surface area contributed by atoms with Gasteiger partial charge in [-0.3, -0.25) is 4.79 Å². The molecule has 4 aromatic rings. The van der Waals surface area contributed by atoms with Crippen LogP contribution in [0.4, 0.5) is 0 Å². The molecular weight excluding hydrogens is 374 g/mol. The fraction of sp³-hybridized carbons (Fsp3) is 0.136. The van der Waals surface area contributed by atoms with Crippen LogP contribution in [0.25, 0.3) is 17.0 Å². The zero-order chi connectivity index (χ0) is 18.2. The van der Waals surface area contributed by atoms with E-state index in [0.717, 1.165) is 23.9 Å². The summed E-state index contributed by atoms with van der Waals surface area (Å²) in [7, 11) is 0. The minimum absolute atomic E-state index is 0.00724. The van der Waals surface area contributed by atoms with Crippen molar-refractivity contribution in [2.45, 2.75) is 12.5 Å². The molecule has 1 aromatic carbocycles. The van der Waals surface area contributed by atoms with Crippen molar-refractivity contribution in [1.82, 2.24) is 4.90 Å². The van der Waals surface area contributed by atoms with Crippen molar-refractivity contribution in [2.24, 2.45) is 0 Å². The molecule has 3 nitrogen and oxygen atoms in total. The SMILES string of the molecule is O=C(/C=C/c1cc2ccccc2o1)N1CCc2sccc2C1c1cccs1. The Balaban J connectivity index is 1.44. The van der Waals surface area contributed by atoms with Gasteiger partial charge in [0.15, 0.2) is 0 Å². The first-order chi connectivity index (χ1) is 13.3. The first-order valence-corrected chi connectivity index (χ1v) is 10.6. The van der Waals surface area contributed by atoms with Gasteiger partial charge in [-0.1, -0.05) is 24.3 Å². The number of hydrogen-bond donors (Lipinski definition) is 0. The van der Waals surface area contributed by atoms with E-state index >= 15 is 0 Å². The minimum atomic E-state index is 0.00724. The molecule has 1 atom stereocenters. The van der Waals surface area contributed by atoms with Crippen LogP contribution in [-0.2, 0) is 11.2 Å². The van der Waals surface area contributed by atoms with Crippen molar-refractivity contribution in [3.63, 3.8) is 0 Å². The van der Waals surface area contributed by atoms with Crippen LogP contribution in [0.15, 0.2) is 69.8 Å². The Bertz CT molecular complexity index is 1090. The predicted octanol–water partition coefficient (Wildman–Crippen LogP) is 5.74. The van der Waals surface area contributed by atoms with E-state index < -0.39 is 0 Å². The molecule has 1 amide bonds. The summed E-state index contributed by atoms with van der Waals surface area (Å²) in [5.41, 5.74) is 2.10. The molecule has 4 heterocycles. The zero-order valence-electron chi connectivity index (χ0n) is 14.5. The number of fused-ring (bicyclic) bond motifs is 2. The van der Waals surface area contributed by atoms with E-state index in [1.807, 2.05) is 41.3 Å². The molecule has 1 aliphatic rings. The van der Waals surface area contributed by atoms with Gasteiger partial charge in [0.2, 0.25) is 5.91 Å². The summed E-state index contributed by atoms with van der Waals surface area (Å²) in [6.45, 7) is 0.735. The van der Waals surface area contributed by atoms with Gasteiger partial charge in [0.25, 0.3) is 0 Å². The first kappa shape index (κ1) is 16.5. The van der Waals surface area contributed by atoms with E-state index in [0.29, 0.717) is 5.76 Å². The second-order valence-corrected chi connectivity index (χ2v) is 8.50. The quantitative estimate of drug-likeness (QED) is 0.417. The number of thiophene rings is 2. The highest BCUT2D eigenvalue weighted by molar-refractivity contribution is 7.10. The highest BCUT2D eigenvalue weighted by Crippen LogP contribution is 2.39. The smallest absolute Gasteiger partial charge is 0.247 e. The number of amides is 1. The van der Waals surface area contributed by atoms with Gasteiger partial charge in [0.1, 0.15) is 11.3 Å². The summed E-state index contributed by atoms with van der Waals surface area (Å²) >= 11 is 3.49. The van der Waals surface area contributed by atoms with Crippen LogP contribution in [0.2, 0.25) is 0 Å². The van der Waals surface area contributed by atoms with Crippen molar-refractivity contribution in [3.05, 3.63) is 86.4 Å². The monoisotopic (exact) mass is 391 g/mol. The standard InChI is InChI=1S/C22H17NO2S2/c24-21(8-7-16-14-15-4-1-2-5-18(15)25-16)23-11-9-19-17(10-13-27-19)22(23)20-6-3-12-26-20/h1-8,10,12-14,22H,9,11H2/b8-7+. The van der Waals surface area contributed by atoms with Crippen molar-refractivity contribution >= 4 is 45.6 Å². The van der Waals surface area contributed by atoms with Gasteiger partial charge < -0.3 is 9.32 Å². The summed E-state index contributed by atoms with van der Waals surface area (Å²) in [6.07, 6.45) is 4.33. The lowest BCUT2D eigenvalue weighted by Gasteiger charge is -2.34. The lowest BCUT2D eigenvalue weighted by atomic mass is 9.98. The number of hydrogen-bond acceptors (Lipinski definition) is 4. The highest BCUT2D eigenvalue weighted by atomic mass is 32.1. The molecule has 0 radical (unpaired) electrons. The van der Waals surface area contributed by atoms with Crippen LogP contribution < -0.4 is 0 Å².